The van der Waals surface area contributed by atoms with E-state index in [9.17, 15) is 54.6 Å². The Morgan fingerprint density at radius 2 is 1.69 bits per heavy atom. The summed E-state index contributed by atoms with van der Waals surface area (Å²) in [7, 11) is 1.01. The van der Waals surface area contributed by atoms with Crippen LogP contribution in [0.1, 0.15) is 48.0 Å². The molecule has 6 rings (SSSR count). The number of methoxy groups -OCH3 is 1. The molecule has 3 heterocycles. The summed E-state index contributed by atoms with van der Waals surface area (Å²) in [6, 6.07) is 0. The molecule has 0 amide bonds. The van der Waals surface area contributed by atoms with E-state index in [1.165, 1.54) is 40.7 Å². The molecule has 2 bridgehead atoms. The van der Waals surface area contributed by atoms with E-state index in [1.807, 2.05) is 0 Å². The van der Waals surface area contributed by atoms with Crippen LogP contribution in [0.2, 0.25) is 0 Å². The van der Waals surface area contributed by atoms with E-state index in [4.69, 9.17) is 33.2 Å². The molecule has 18 nitrogen and oxygen atoms in total. The maximum Gasteiger partial charge on any atom is 0.348 e. The number of ketones is 1. The number of allylic oxidation sites excluding steroid dienone is 2. The molecule has 3 saturated heterocycles. The smallest absolute Gasteiger partial charge is 0.348 e. The van der Waals surface area contributed by atoms with Gasteiger partial charge in [0.05, 0.1) is 32.3 Å². The highest BCUT2D eigenvalue weighted by atomic mass is 16.7. The molecule has 0 aromatic heterocycles. The number of aliphatic hydroxyl groups excluding tert-OH is 6. The molecule has 6 aliphatic rings. The maximum atomic E-state index is 14.8. The lowest BCUT2D eigenvalue weighted by molar-refractivity contribution is -0.297. The fourth-order valence-electron chi connectivity index (χ4n) is 10.2. The van der Waals surface area contributed by atoms with Crippen LogP contribution in [0.25, 0.3) is 0 Å². The van der Waals surface area contributed by atoms with Gasteiger partial charge in [0.2, 0.25) is 23.8 Å². The molecule has 1 spiro atoms. The van der Waals surface area contributed by atoms with Gasteiger partial charge in [0.25, 0.3) is 0 Å². The topological polar surface area (TPSA) is 271 Å². The van der Waals surface area contributed by atoms with Crippen molar-refractivity contribution < 1.29 is 87.8 Å². The van der Waals surface area contributed by atoms with Gasteiger partial charge in [-0.1, -0.05) is 13.8 Å². The minimum atomic E-state index is -2.47. The lowest BCUT2D eigenvalue weighted by atomic mass is 9.37. The van der Waals surface area contributed by atoms with E-state index >= 15 is 0 Å². The van der Waals surface area contributed by atoms with Gasteiger partial charge in [0.15, 0.2) is 5.76 Å². The van der Waals surface area contributed by atoms with Gasteiger partial charge in [0, 0.05) is 29.7 Å². The quantitative estimate of drug-likeness (QED) is 0.0881. The molecule has 3 aliphatic carbocycles. The second-order valence-corrected chi connectivity index (χ2v) is 16.0. The average Bonchev–Trinajstić information content (AvgIpc) is 3.41. The van der Waals surface area contributed by atoms with Crippen molar-refractivity contribution in [2.75, 3.05) is 20.3 Å². The first-order valence-corrected chi connectivity index (χ1v) is 17.8. The van der Waals surface area contributed by atoms with E-state index < -0.39 is 144 Å². The molecule has 3 unspecified atom stereocenters. The first-order valence-electron chi connectivity index (χ1n) is 17.8. The van der Waals surface area contributed by atoms with E-state index in [2.05, 4.69) is 0 Å². The predicted octanol–water partition coefficient (Wildman–Crippen LogP) is -2.05. The third kappa shape index (κ3) is 5.55. The highest BCUT2D eigenvalue weighted by Gasteiger charge is 2.86. The second-order valence-electron chi connectivity index (χ2n) is 16.0. The van der Waals surface area contributed by atoms with Crippen molar-refractivity contribution in [1.82, 2.24) is 0 Å². The number of ether oxygens (including phenoxy) is 7. The molecule has 3 aliphatic heterocycles. The summed E-state index contributed by atoms with van der Waals surface area (Å²) in [6.07, 6.45) is -13.1. The van der Waals surface area contributed by atoms with Gasteiger partial charge >= 0.3 is 23.9 Å². The number of carbonyl (C=O) groups is 5. The van der Waals surface area contributed by atoms with Crippen molar-refractivity contribution >= 4 is 29.7 Å². The first kappa shape index (κ1) is 40.2. The van der Waals surface area contributed by atoms with Crippen LogP contribution in [0, 0.1) is 34.5 Å². The molecule has 6 N–H and O–H groups in total. The van der Waals surface area contributed by atoms with Gasteiger partial charge in [-0.25, -0.2) is 14.4 Å². The molecule has 5 fully saturated rings. The number of carbonyl (C=O) groups excluding carboxylic acids is 5. The van der Waals surface area contributed by atoms with Crippen LogP contribution >= 0.6 is 0 Å². The van der Waals surface area contributed by atoms with Gasteiger partial charge in [-0.2, -0.15) is 0 Å². The zero-order valence-electron chi connectivity index (χ0n) is 30.9. The zero-order valence-corrected chi connectivity index (χ0v) is 30.9. The minimum Gasteiger partial charge on any atom is -0.467 e. The summed E-state index contributed by atoms with van der Waals surface area (Å²) >= 11 is 0. The summed E-state index contributed by atoms with van der Waals surface area (Å²) in [5.74, 6) is -9.23. The van der Waals surface area contributed by atoms with E-state index in [0.717, 1.165) is 13.2 Å². The fourth-order valence-corrected chi connectivity index (χ4v) is 10.2. The monoisotopic (exact) mass is 768 g/mol. The molecule has 0 aromatic rings. The number of hydrogen-bond acceptors (Lipinski definition) is 18. The van der Waals surface area contributed by atoms with Crippen molar-refractivity contribution in [1.29, 1.82) is 0 Å². The Morgan fingerprint density at radius 1 is 1.02 bits per heavy atom. The van der Waals surface area contributed by atoms with Crippen molar-refractivity contribution in [3.05, 3.63) is 23.5 Å². The van der Waals surface area contributed by atoms with Crippen molar-refractivity contribution in [3.63, 3.8) is 0 Å². The van der Waals surface area contributed by atoms with Crippen LogP contribution in [0.5, 0.6) is 0 Å². The normalized spacial score (nSPS) is 45.6. The number of hydrogen-bond donors (Lipinski definition) is 6. The zero-order chi connectivity index (χ0) is 40.0. The number of Topliss-reactive ketones (excluding diaryl/α,β-unsaturated/α-hetero) is 1. The molecule has 18 heteroatoms. The summed E-state index contributed by atoms with van der Waals surface area (Å²) < 4.78 is 39.6. The Kier molecular flexibility index (Phi) is 10.1. The van der Waals surface area contributed by atoms with Crippen LogP contribution in [0.3, 0.4) is 0 Å². The Hall–Kier alpha value is -3.49. The van der Waals surface area contributed by atoms with Gasteiger partial charge < -0.3 is 63.8 Å². The summed E-state index contributed by atoms with van der Waals surface area (Å²) in [5, 5.41) is 65.1. The number of esters is 4. The third-order valence-corrected chi connectivity index (χ3v) is 12.8. The summed E-state index contributed by atoms with van der Waals surface area (Å²) in [6.45, 7) is 7.80. The van der Waals surface area contributed by atoms with Crippen molar-refractivity contribution in [2.24, 2.45) is 34.5 Å². The van der Waals surface area contributed by atoms with E-state index in [1.54, 1.807) is 6.92 Å². The molecular formula is C36H48O18. The minimum absolute atomic E-state index is 0.00828. The second kappa shape index (κ2) is 13.6. The Bertz CT molecular complexity index is 1650. The average molecular weight is 769 g/mol. The summed E-state index contributed by atoms with van der Waals surface area (Å²) in [5.41, 5.74) is -6.85. The van der Waals surface area contributed by atoms with Crippen molar-refractivity contribution in [2.45, 2.75) is 114 Å². The fraction of sp³-hybridized carbons (Fsp3) is 0.750. The van der Waals surface area contributed by atoms with Gasteiger partial charge in [0.1, 0.15) is 42.2 Å². The van der Waals surface area contributed by atoms with Gasteiger partial charge in [-0.3, -0.25) is 9.59 Å². The largest absolute Gasteiger partial charge is 0.467 e. The predicted molar refractivity (Wildman–Crippen MR) is 175 cm³/mol. The Labute approximate surface area is 309 Å². The number of fused-ring (bicyclic) bond motifs is 2. The third-order valence-electron chi connectivity index (χ3n) is 12.8. The molecule has 0 radical (unpaired) electrons. The molecule has 300 valence electrons. The van der Waals surface area contributed by atoms with Gasteiger partial charge in [-0.05, 0) is 50.7 Å². The van der Waals surface area contributed by atoms with Gasteiger partial charge in [-0.15, -0.1) is 0 Å². The van der Waals surface area contributed by atoms with Crippen LogP contribution in [-0.4, -0.2) is 147 Å². The lowest BCUT2D eigenvalue weighted by Gasteiger charge is -2.67. The molecule has 0 aromatic carbocycles. The molecular weight excluding hydrogens is 720 g/mol. The Morgan fingerprint density at radius 3 is 2.30 bits per heavy atom. The lowest BCUT2D eigenvalue weighted by Crippen LogP contribution is -2.80. The standard InChI is InChI=1S/C36H48O18/c1-13-8-17(50-31-23(42)22(41)21(40)18(11-37)51-31)28(44)34(6)16(13)10-19-35-12-49-36(32(47)48-7,29(45)24(43)26(34)35)27(35)25(30(46)52-19)53-20(39)9-14(2)33(4,5)54-15(3)38/h8-9,13,16,18-19,21-27,29,31,37,40-43,45H,10-12H2,1-7H3/b14-9+/t13-,16+,18-,19-,21-,22+,23-,24-,25?,26-,27-,29?,31-,34+,35-,36?/m1/s1. The van der Waals surface area contributed by atoms with Crippen LogP contribution in [0.15, 0.2) is 23.5 Å². The van der Waals surface area contributed by atoms with Crippen LogP contribution < -0.4 is 0 Å². The first-order chi connectivity index (χ1) is 25.1. The van der Waals surface area contributed by atoms with E-state index in [-0.39, 0.29) is 17.8 Å². The molecule has 16 atom stereocenters. The maximum absolute atomic E-state index is 14.8. The van der Waals surface area contributed by atoms with Crippen LogP contribution in [-0.2, 0) is 57.1 Å². The highest BCUT2D eigenvalue weighted by molar-refractivity contribution is 6.00. The molecule has 2 saturated carbocycles. The van der Waals surface area contributed by atoms with E-state index in [0.29, 0.717) is 0 Å². The summed E-state index contributed by atoms with van der Waals surface area (Å²) in [4.78, 5) is 67.7. The number of rotatable bonds is 8. The number of aliphatic hydroxyl groups is 6. The SMILES string of the molecule is COC(=O)C12OC[C@]34[C@H]([C@@H](O)C1O)[C@@]1(C)C(=O)C(O[C@@H]5O[C@H](CO)[C@@H](O)[C@H](O)[C@H]5O)=C[C@@H](C)[C@@H]1C[C@H]3OC(=O)C(OC(=O)/C=C(\C)C(C)(C)OC(C)=O)[C@@H]24. The Balaban J connectivity index is 1.43. The molecule has 54 heavy (non-hydrogen) atoms. The van der Waals surface area contributed by atoms with Crippen LogP contribution in [0.4, 0.5) is 0 Å². The highest BCUT2D eigenvalue weighted by Crippen LogP contribution is 2.72. The van der Waals surface area contributed by atoms with Crippen molar-refractivity contribution in [3.8, 4) is 0 Å².